The summed E-state index contributed by atoms with van der Waals surface area (Å²) in [5, 5.41) is 9.36. The summed E-state index contributed by atoms with van der Waals surface area (Å²) in [6, 6.07) is 18.8. The van der Waals surface area contributed by atoms with Crippen LogP contribution in [0.25, 0.3) is 0 Å². The number of carbonyl (C=O) groups is 1. The molecule has 0 spiro atoms. The van der Waals surface area contributed by atoms with Crippen LogP contribution in [0.15, 0.2) is 60.6 Å². The molecule has 0 aliphatic heterocycles. The summed E-state index contributed by atoms with van der Waals surface area (Å²) in [5.41, 5.74) is 2.62. The number of carboxylic acid groups (broad SMARTS) is 1. The molecular formula is C22H28O2S2. The second kappa shape index (κ2) is 12.9. The third-order valence-corrected chi connectivity index (χ3v) is 6.64. The molecule has 0 aromatic heterocycles. The van der Waals surface area contributed by atoms with Crippen LogP contribution in [0.4, 0.5) is 0 Å². The van der Waals surface area contributed by atoms with Crippen molar-refractivity contribution in [1.82, 2.24) is 0 Å². The number of unbranched alkanes of at least 4 members (excludes halogenated alkanes) is 1. The second-order valence-corrected chi connectivity index (χ2v) is 8.70. The van der Waals surface area contributed by atoms with Crippen molar-refractivity contribution in [2.45, 2.75) is 48.9 Å². The van der Waals surface area contributed by atoms with Gasteiger partial charge in [0, 0.05) is 23.2 Å². The molecular weight excluding hydrogens is 360 g/mol. The topological polar surface area (TPSA) is 37.3 Å². The van der Waals surface area contributed by atoms with Gasteiger partial charge in [-0.05, 0) is 36.1 Å². The smallest absolute Gasteiger partial charge is 0.303 e. The molecule has 0 saturated carbocycles. The van der Waals surface area contributed by atoms with Crippen LogP contribution in [0.5, 0.6) is 0 Å². The highest BCUT2D eigenvalue weighted by molar-refractivity contribution is 7.99. The van der Waals surface area contributed by atoms with Crippen molar-refractivity contribution in [3.63, 3.8) is 0 Å². The largest absolute Gasteiger partial charge is 0.481 e. The first-order valence-corrected chi connectivity index (χ1v) is 11.3. The normalized spacial score (nSPS) is 12.5. The van der Waals surface area contributed by atoms with E-state index in [1.807, 2.05) is 53.9 Å². The van der Waals surface area contributed by atoms with E-state index < -0.39 is 5.97 Å². The van der Waals surface area contributed by atoms with Crippen LogP contribution < -0.4 is 0 Å². The van der Waals surface area contributed by atoms with Crippen LogP contribution in [0.1, 0.15) is 44.6 Å². The van der Waals surface area contributed by atoms with Gasteiger partial charge in [0.2, 0.25) is 0 Å². The Morgan fingerprint density at radius 2 is 1.65 bits per heavy atom. The van der Waals surface area contributed by atoms with Gasteiger partial charge in [0.15, 0.2) is 0 Å². The maximum Gasteiger partial charge on any atom is 0.303 e. The van der Waals surface area contributed by atoms with Gasteiger partial charge in [0.05, 0.1) is 1.37 Å². The van der Waals surface area contributed by atoms with Gasteiger partial charge < -0.3 is 5.11 Å². The van der Waals surface area contributed by atoms with E-state index in [0.717, 1.165) is 42.9 Å². The van der Waals surface area contributed by atoms with Crippen molar-refractivity contribution >= 4 is 29.5 Å². The average Bonchev–Trinajstić information content (AvgIpc) is 2.67. The van der Waals surface area contributed by atoms with Crippen molar-refractivity contribution in [1.29, 1.82) is 0 Å². The maximum absolute atomic E-state index is 10.7. The zero-order chi connectivity index (χ0) is 19.3. The lowest BCUT2D eigenvalue weighted by atomic mass is 10.1. The number of carboxylic acids is 1. The Labute approximate surface area is 167 Å². The Balaban J connectivity index is 1.75. The van der Waals surface area contributed by atoms with E-state index in [0.29, 0.717) is 11.3 Å². The molecule has 0 fully saturated rings. The minimum absolute atomic E-state index is 0.269. The molecule has 1 N–H and O–H groups in total. The first-order valence-electron chi connectivity index (χ1n) is 9.64. The van der Waals surface area contributed by atoms with Crippen LogP contribution in [0.2, 0.25) is 0 Å². The van der Waals surface area contributed by atoms with E-state index in [1.165, 1.54) is 11.1 Å². The molecule has 0 aliphatic rings. The van der Waals surface area contributed by atoms with Crippen LogP contribution in [-0.2, 0) is 16.3 Å². The summed E-state index contributed by atoms with van der Waals surface area (Å²) in [5.74, 6) is 2.42. The Morgan fingerprint density at radius 1 is 0.962 bits per heavy atom. The number of hydrogen-bond acceptors (Lipinski definition) is 3. The lowest BCUT2D eigenvalue weighted by Crippen LogP contribution is -2.06. The molecule has 4 heteroatoms. The highest BCUT2D eigenvalue weighted by Crippen LogP contribution is 2.27. The molecule has 2 aromatic carbocycles. The Bertz CT molecular complexity index is 662. The van der Waals surface area contributed by atoms with Crippen molar-refractivity contribution in [3.8, 4) is 0 Å². The van der Waals surface area contributed by atoms with E-state index in [-0.39, 0.29) is 6.42 Å². The number of thioether (sulfide) groups is 2. The standard InChI is InChI=1S/C22H28O2S2/c23-22(24)14-8-7-13-21(26-18-20-11-5-2-6-12-20)15-16-25-17-19-9-3-1-4-10-19/h1-6,9-12,21H,7-8,13-18H2,(H,23,24)/i2D. The minimum atomic E-state index is -0.701. The lowest BCUT2D eigenvalue weighted by Gasteiger charge is -2.16. The molecule has 2 aromatic rings. The quantitative estimate of drug-likeness (QED) is 0.410. The number of aliphatic carboxylic acids is 1. The molecule has 0 radical (unpaired) electrons. The molecule has 2 rings (SSSR count). The fourth-order valence-corrected chi connectivity index (χ4v) is 5.08. The predicted molar refractivity (Wildman–Crippen MR) is 115 cm³/mol. The molecule has 1 atom stereocenters. The van der Waals surface area contributed by atoms with E-state index in [1.54, 1.807) is 0 Å². The third-order valence-electron chi connectivity index (χ3n) is 4.14. The molecule has 140 valence electrons. The monoisotopic (exact) mass is 389 g/mol. The molecule has 0 saturated heterocycles. The van der Waals surface area contributed by atoms with Gasteiger partial charge in [-0.2, -0.15) is 23.5 Å². The van der Waals surface area contributed by atoms with E-state index in [9.17, 15) is 4.79 Å². The summed E-state index contributed by atoms with van der Waals surface area (Å²) in [6.45, 7) is 0. The first kappa shape index (κ1) is 19.4. The molecule has 1 unspecified atom stereocenters. The number of benzene rings is 2. The highest BCUT2D eigenvalue weighted by atomic mass is 32.2. The summed E-state index contributed by atoms with van der Waals surface area (Å²) < 4.78 is 7.58. The van der Waals surface area contributed by atoms with Crippen LogP contribution >= 0.6 is 23.5 Å². The van der Waals surface area contributed by atoms with Crippen LogP contribution in [0.3, 0.4) is 0 Å². The second-order valence-electron chi connectivity index (χ2n) is 6.31. The third kappa shape index (κ3) is 9.35. The van der Waals surface area contributed by atoms with Crippen LogP contribution in [0, 0.1) is 0 Å². The Hall–Kier alpha value is -1.39. The van der Waals surface area contributed by atoms with Gasteiger partial charge in [-0.15, -0.1) is 0 Å². The van der Waals surface area contributed by atoms with Gasteiger partial charge in [-0.1, -0.05) is 67.1 Å². The molecule has 0 bridgehead atoms. The summed E-state index contributed by atoms with van der Waals surface area (Å²) in [6.07, 6.45) is 4.22. The van der Waals surface area contributed by atoms with Crippen molar-refractivity contribution in [3.05, 3.63) is 71.8 Å². The predicted octanol–water partition coefficient (Wildman–Crippen LogP) is 6.26. The Kier molecular flexibility index (Phi) is 9.60. The average molecular weight is 390 g/mol. The highest BCUT2D eigenvalue weighted by Gasteiger charge is 2.10. The van der Waals surface area contributed by atoms with E-state index in [2.05, 4.69) is 24.3 Å². The van der Waals surface area contributed by atoms with Gasteiger partial charge in [-0.25, -0.2) is 0 Å². The van der Waals surface area contributed by atoms with Gasteiger partial charge >= 0.3 is 5.97 Å². The zero-order valence-electron chi connectivity index (χ0n) is 16.1. The van der Waals surface area contributed by atoms with Gasteiger partial charge in [0.1, 0.15) is 0 Å². The lowest BCUT2D eigenvalue weighted by molar-refractivity contribution is -0.137. The number of hydrogen-bond donors (Lipinski definition) is 1. The molecule has 0 aliphatic carbocycles. The molecule has 0 amide bonds. The fraction of sp³-hybridized carbons (Fsp3) is 0.409. The number of rotatable bonds is 13. The molecule has 0 heterocycles. The van der Waals surface area contributed by atoms with Gasteiger partial charge in [0.25, 0.3) is 0 Å². The first-order chi connectivity index (χ1) is 13.1. The SMILES string of the molecule is [2H]c1ccc(CSC(CCCCC(=O)O)CCSCc2ccccc2)cc1. The van der Waals surface area contributed by atoms with Gasteiger partial charge in [-0.3, -0.25) is 4.79 Å². The summed E-state index contributed by atoms with van der Waals surface area (Å²) >= 11 is 3.93. The zero-order valence-corrected chi connectivity index (χ0v) is 16.7. The minimum Gasteiger partial charge on any atom is -0.481 e. The van der Waals surface area contributed by atoms with Crippen molar-refractivity contribution in [2.24, 2.45) is 0 Å². The molecule has 26 heavy (non-hydrogen) atoms. The van der Waals surface area contributed by atoms with E-state index >= 15 is 0 Å². The van der Waals surface area contributed by atoms with E-state index in [4.69, 9.17) is 6.48 Å². The van der Waals surface area contributed by atoms with Crippen molar-refractivity contribution in [2.75, 3.05) is 5.75 Å². The Morgan fingerprint density at radius 3 is 2.38 bits per heavy atom. The van der Waals surface area contributed by atoms with Crippen LogP contribution in [-0.4, -0.2) is 22.1 Å². The summed E-state index contributed by atoms with van der Waals surface area (Å²) in [7, 11) is 0. The fourth-order valence-electron chi connectivity index (χ4n) is 2.67. The maximum atomic E-state index is 10.7. The molecule has 2 nitrogen and oxygen atoms in total. The van der Waals surface area contributed by atoms with Crippen molar-refractivity contribution < 1.29 is 11.3 Å². The summed E-state index contributed by atoms with van der Waals surface area (Å²) in [4.78, 5) is 10.7.